The number of aliphatic hydroxyl groups excluding tert-OH is 1. The number of aliphatic imine (C=N–C) groups is 1. The van der Waals surface area contributed by atoms with E-state index >= 15 is 0 Å². The van der Waals surface area contributed by atoms with Gasteiger partial charge in [-0.1, -0.05) is 69.4 Å². The monoisotopic (exact) mass is 305 g/mol. The number of nitrogens with zero attached hydrogens (tertiary/aromatic N) is 1. The van der Waals surface area contributed by atoms with Crippen molar-refractivity contribution >= 4 is 5.96 Å². The van der Waals surface area contributed by atoms with Crippen LogP contribution in [0.4, 0.5) is 0 Å². The molecule has 1 unspecified atom stereocenters. The summed E-state index contributed by atoms with van der Waals surface area (Å²) in [6.45, 7) is 3.42. The van der Waals surface area contributed by atoms with Gasteiger partial charge in [0.1, 0.15) is 0 Å². The van der Waals surface area contributed by atoms with Crippen molar-refractivity contribution in [2.45, 2.75) is 58.0 Å². The van der Waals surface area contributed by atoms with E-state index in [0.29, 0.717) is 18.9 Å². The second-order valence-electron chi connectivity index (χ2n) is 5.76. The Balaban J connectivity index is 2.09. The molecule has 0 aliphatic heterocycles. The van der Waals surface area contributed by atoms with Gasteiger partial charge in [-0.3, -0.25) is 4.99 Å². The highest BCUT2D eigenvalue weighted by Crippen LogP contribution is 2.04. The van der Waals surface area contributed by atoms with Gasteiger partial charge in [0.25, 0.3) is 0 Å². The number of aliphatic hydroxyl groups is 1. The average molecular weight is 305 g/mol. The fraction of sp³-hybridized carbons (Fsp3) is 0.611. The largest absolute Gasteiger partial charge is 0.391 e. The first-order valence-corrected chi connectivity index (χ1v) is 8.48. The lowest BCUT2D eigenvalue weighted by Gasteiger charge is -2.09. The van der Waals surface area contributed by atoms with Gasteiger partial charge in [0.2, 0.25) is 0 Å². The standard InChI is InChI=1S/C18H31N3O/c1-2-3-4-5-6-10-13-20-18(19)21-15-17(22)14-16-11-8-7-9-12-16/h7-9,11-12,17,22H,2-6,10,13-15H2,1H3,(H3,19,20,21). The average Bonchev–Trinajstić information content (AvgIpc) is 2.53. The second-order valence-corrected chi connectivity index (χ2v) is 5.76. The molecular weight excluding hydrogens is 274 g/mol. The Labute approximate surface area is 134 Å². The van der Waals surface area contributed by atoms with Crippen LogP contribution in [0.1, 0.15) is 51.0 Å². The molecule has 0 aliphatic rings. The van der Waals surface area contributed by atoms with Crippen molar-refractivity contribution in [3.63, 3.8) is 0 Å². The van der Waals surface area contributed by atoms with Gasteiger partial charge in [0.05, 0.1) is 12.6 Å². The van der Waals surface area contributed by atoms with Crippen molar-refractivity contribution in [1.82, 2.24) is 5.32 Å². The van der Waals surface area contributed by atoms with Crippen LogP contribution < -0.4 is 11.1 Å². The van der Waals surface area contributed by atoms with Gasteiger partial charge in [-0.05, 0) is 12.0 Å². The van der Waals surface area contributed by atoms with Crippen LogP contribution in [0.3, 0.4) is 0 Å². The summed E-state index contributed by atoms with van der Waals surface area (Å²) in [4.78, 5) is 4.20. The summed E-state index contributed by atoms with van der Waals surface area (Å²) in [5.41, 5.74) is 6.92. The molecule has 0 fully saturated rings. The summed E-state index contributed by atoms with van der Waals surface area (Å²) >= 11 is 0. The van der Waals surface area contributed by atoms with Crippen LogP contribution in [0.25, 0.3) is 0 Å². The first kappa shape index (κ1) is 18.5. The van der Waals surface area contributed by atoms with Gasteiger partial charge in [-0.15, -0.1) is 0 Å². The van der Waals surface area contributed by atoms with E-state index in [0.717, 1.165) is 18.5 Å². The third-order valence-electron chi connectivity index (χ3n) is 3.62. The molecule has 0 bridgehead atoms. The van der Waals surface area contributed by atoms with Gasteiger partial charge in [0.15, 0.2) is 5.96 Å². The summed E-state index contributed by atoms with van der Waals surface area (Å²) in [5, 5.41) is 13.1. The normalized spacial score (nSPS) is 13.1. The topological polar surface area (TPSA) is 70.6 Å². The zero-order chi connectivity index (χ0) is 16.0. The van der Waals surface area contributed by atoms with Crippen molar-refractivity contribution in [3.05, 3.63) is 35.9 Å². The molecule has 0 aromatic heterocycles. The van der Waals surface area contributed by atoms with Crippen molar-refractivity contribution in [2.24, 2.45) is 10.7 Å². The molecule has 22 heavy (non-hydrogen) atoms. The SMILES string of the molecule is CCCCCCCCNC(N)=NCC(O)Cc1ccccc1. The minimum absolute atomic E-state index is 0.338. The van der Waals surface area contributed by atoms with E-state index in [9.17, 15) is 5.11 Å². The van der Waals surface area contributed by atoms with Crippen LogP contribution >= 0.6 is 0 Å². The van der Waals surface area contributed by atoms with Crippen LogP contribution in [0.15, 0.2) is 35.3 Å². The quantitative estimate of drug-likeness (QED) is 0.334. The molecule has 1 aromatic rings. The highest BCUT2D eigenvalue weighted by Gasteiger charge is 2.04. The molecule has 0 radical (unpaired) electrons. The van der Waals surface area contributed by atoms with Gasteiger partial charge in [-0.25, -0.2) is 0 Å². The fourth-order valence-corrected chi connectivity index (χ4v) is 2.33. The molecule has 1 atom stereocenters. The lowest BCUT2D eigenvalue weighted by atomic mass is 10.1. The lowest BCUT2D eigenvalue weighted by Crippen LogP contribution is -2.33. The van der Waals surface area contributed by atoms with E-state index in [1.807, 2.05) is 30.3 Å². The maximum Gasteiger partial charge on any atom is 0.188 e. The number of unbranched alkanes of at least 4 members (excludes halogenated alkanes) is 5. The minimum Gasteiger partial charge on any atom is -0.391 e. The third-order valence-corrected chi connectivity index (χ3v) is 3.62. The zero-order valence-electron chi connectivity index (χ0n) is 13.8. The van der Waals surface area contributed by atoms with Crippen LogP contribution in [-0.2, 0) is 6.42 Å². The Hall–Kier alpha value is -1.55. The lowest BCUT2D eigenvalue weighted by molar-refractivity contribution is 0.184. The van der Waals surface area contributed by atoms with Gasteiger partial charge in [0, 0.05) is 13.0 Å². The smallest absolute Gasteiger partial charge is 0.188 e. The zero-order valence-corrected chi connectivity index (χ0v) is 13.8. The van der Waals surface area contributed by atoms with Crippen LogP contribution in [0.5, 0.6) is 0 Å². The number of benzene rings is 1. The fourth-order valence-electron chi connectivity index (χ4n) is 2.33. The number of nitrogens with two attached hydrogens (primary N) is 1. The van der Waals surface area contributed by atoms with E-state index in [1.54, 1.807) is 0 Å². The molecule has 0 saturated carbocycles. The number of rotatable bonds is 11. The van der Waals surface area contributed by atoms with Crippen LogP contribution in [0.2, 0.25) is 0 Å². The van der Waals surface area contributed by atoms with Crippen LogP contribution in [0, 0.1) is 0 Å². The summed E-state index contributed by atoms with van der Waals surface area (Å²) in [5.74, 6) is 0.431. The van der Waals surface area contributed by atoms with Gasteiger partial charge >= 0.3 is 0 Å². The molecule has 1 rings (SSSR count). The Morgan fingerprint density at radius 1 is 1.14 bits per heavy atom. The summed E-state index contributed by atoms with van der Waals surface area (Å²) in [6, 6.07) is 9.93. The van der Waals surface area contributed by atoms with E-state index in [1.165, 1.54) is 32.1 Å². The highest BCUT2D eigenvalue weighted by atomic mass is 16.3. The first-order valence-electron chi connectivity index (χ1n) is 8.48. The maximum atomic E-state index is 9.95. The third kappa shape index (κ3) is 9.40. The van der Waals surface area contributed by atoms with Crippen LogP contribution in [-0.4, -0.2) is 30.3 Å². The predicted octanol–water partition coefficient (Wildman–Crippen LogP) is 2.85. The Kier molecular flexibility index (Phi) is 10.1. The molecule has 4 nitrogen and oxygen atoms in total. The van der Waals surface area contributed by atoms with Gasteiger partial charge in [-0.2, -0.15) is 0 Å². The molecule has 124 valence electrons. The second kappa shape index (κ2) is 12.0. The minimum atomic E-state index is -0.489. The molecule has 0 saturated heterocycles. The van der Waals surface area contributed by atoms with Crippen molar-refractivity contribution in [3.8, 4) is 0 Å². The van der Waals surface area contributed by atoms with E-state index < -0.39 is 6.10 Å². The maximum absolute atomic E-state index is 9.95. The predicted molar refractivity (Wildman–Crippen MR) is 94.0 cm³/mol. The number of hydrogen-bond acceptors (Lipinski definition) is 2. The summed E-state index contributed by atoms with van der Waals surface area (Å²) in [7, 11) is 0. The first-order chi connectivity index (χ1) is 10.7. The summed E-state index contributed by atoms with van der Waals surface area (Å²) < 4.78 is 0. The van der Waals surface area contributed by atoms with E-state index in [4.69, 9.17) is 5.73 Å². The van der Waals surface area contributed by atoms with Crippen molar-refractivity contribution < 1.29 is 5.11 Å². The molecule has 0 amide bonds. The number of nitrogens with one attached hydrogen (secondary N) is 1. The molecule has 1 aromatic carbocycles. The molecule has 0 heterocycles. The Morgan fingerprint density at radius 2 is 1.82 bits per heavy atom. The molecule has 4 heteroatoms. The van der Waals surface area contributed by atoms with Crippen molar-refractivity contribution in [2.75, 3.05) is 13.1 Å². The highest BCUT2D eigenvalue weighted by molar-refractivity contribution is 5.77. The Morgan fingerprint density at radius 3 is 2.55 bits per heavy atom. The van der Waals surface area contributed by atoms with Gasteiger partial charge < -0.3 is 16.2 Å². The van der Waals surface area contributed by atoms with E-state index in [-0.39, 0.29) is 0 Å². The Bertz CT molecular complexity index is 406. The number of guanidine groups is 1. The molecule has 4 N–H and O–H groups in total. The molecule has 0 spiro atoms. The van der Waals surface area contributed by atoms with E-state index in [2.05, 4.69) is 17.2 Å². The number of hydrogen-bond donors (Lipinski definition) is 3. The molecular formula is C18H31N3O. The molecule has 0 aliphatic carbocycles. The van der Waals surface area contributed by atoms with Crippen molar-refractivity contribution in [1.29, 1.82) is 0 Å². The summed E-state index contributed by atoms with van der Waals surface area (Å²) in [6.07, 6.45) is 7.70.